The number of aryl methyl sites for hydroxylation is 1. The maximum atomic E-state index is 13.7. The molecule has 1 unspecified atom stereocenters. The summed E-state index contributed by atoms with van der Waals surface area (Å²) >= 11 is 6.44. The zero-order valence-electron chi connectivity index (χ0n) is 10.8. The van der Waals surface area contributed by atoms with E-state index in [1.807, 2.05) is 6.92 Å². The molecule has 1 heterocycles. The number of benzene rings is 1. The quantitative estimate of drug-likeness (QED) is 0.787. The van der Waals surface area contributed by atoms with Crippen LogP contribution in [0.4, 0.5) is 8.78 Å². The fourth-order valence-electron chi connectivity index (χ4n) is 1.97. The van der Waals surface area contributed by atoms with Crippen LogP contribution in [0.3, 0.4) is 0 Å². The van der Waals surface area contributed by atoms with E-state index in [0.29, 0.717) is 16.7 Å². The van der Waals surface area contributed by atoms with Gasteiger partial charge in [-0.3, -0.25) is 0 Å². The zero-order valence-corrected chi connectivity index (χ0v) is 14.0. The molecule has 0 aliphatic rings. The summed E-state index contributed by atoms with van der Waals surface area (Å²) in [6.45, 7) is 2.58. The van der Waals surface area contributed by atoms with Crippen molar-refractivity contribution < 1.29 is 8.78 Å². The second-order valence-electron chi connectivity index (χ2n) is 4.14. The Labute approximate surface area is 131 Å². The molecule has 0 saturated heterocycles. The van der Waals surface area contributed by atoms with Crippen molar-refractivity contribution in [3.8, 4) is 0 Å². The number of hydrogen-bond donors (Lipinski definition) is 1. The van der Waals surface area contributed by atoms with E-state index in [0.717, 1.165) is 11.8 Å². The molecule has 0 aliphatic heterocycles. The number of aromatic nitrogens is 3. The van der Waals surface area contributed by atoms with Gasteiger partial charge in [0.25, 0.3) is 0 Å². The molecule has 0 radical (unpaired) electrons. The predicted molar refractivity (Wildman–Crippen MR) is 78.3 cm³/mol. The van der Waals surface area contributed by atoms with E-state index in [4.69, 9.17) is 0 Å². The van der Waals surface area contributed by atoms with E-state index < -0.39 is 11.6 Å². The second kappa shape index (κ2) is 6.28. The first-order valence-electron chi connectivity index (χ1n) is 5.89. The fourth-order valence-corrected chi connectivity index (χ4v) is 3.07. The highest BCUT2D eigenvalue weighted by Crippen LogP contribution is 2.33. The summed E-state index contributed by atoms with van der Waals surface area (Å²) in [5, 5.41) is 11.1. The summed E-state index contributed by atoms with van der Waals surface area (Å²) < 4.78 is 29.2. The minimum Gasteiger partial charge on any atom is -0.305 e. The van der Waals surface area contributed by atoms with Crippen LogP contribution in [-0.4, -0.2) is 21.5 Å². The second-order valence-corrected chi connectivity index (χ2v) is 5.69. The largest absolute Gasteiger partial charge is 0.305 e. The van der Waals surface area contributed by atoms with Crippen LogP contribution in [-0.2, 0) is 7.05 Å². The van der Waals surface area contributed by atoms with Gasteiger partial charge in [0.2, 0.25) is 0 Å². The molecule has 0 spiro atoms. The summed E-state index contributed by atoms with van der Waals surface area (Å²) in [6, 6.07) is 2.28. The lowest BCUT2D eigenvalue weighted by Crippen LogP contribution is -2.25. The standard InChI is InChI=1S/C12H12Br2F2N4/c1-3-17-10(11-12(14)18-19-20(11)2)6-4-5-7(15)9(16)8(6)13/h4-5,10,17H,3H2,1-2H3. The Bertz CT molecular complexity index is 611. The van der Waals surface area contributed by atoms with E-state index in [1.54, 1.807) is 11.7 Å². The van der Waals surface area contributed by atoms with E-state index in [1.165, 1.54) is 6.07 Å². The topological polar surface area (TPSA) is 42.7 Å². The van der Waals surface area contributed by atoms with Gasteiger partial charge >= 0.3 is 0 Å². The van der Waals surface area contributed by atoms with Crippen molar-refractivity contribution in [3.05, 3.63) is 44.1 Å². The van der Waals surface area contributed by atoms with E-state index in [2.05, 4.69) is 47.5 Å². The third-order valence-electron chi connectivity index (χ3n) is 2.88. The molecule has 2 rings (SSSR count). The third-order valence-corrected chi connectivity index (χ3v) is 4.26. The Morgan fingerprint density at radius 1 is 1.35 bits per heavy atom. The average molecular weight is 410 g/mol. The summed E-state index contributed by atoms with van der Waals surface area (Å²) in [7, 11) is 1.74. The van der Waals surface area contributed by atoms with Gasteiger partial charge in [0.1, 0.15) is 0 Å². The van der Waals surface area contributed by atoms with Crippen LogP contribution < -0.4 is 5.32 Å². The monoisotopic (exact) mass is 408 g/mol. The molecule has 0 amide bonds. The predicted octanol–water partition coefficient (Wildman–Crippen LogP) is 3.32. The Kier molecular flexibility index (Phi) is 4.87. The van der Waals surface area contributed by atoms with Crippen molar-refractivity contribution in [2.75, 3.05) is 6.54 Å². The maximum Gasteiger partial charge on any atom is 0.173 e. The smallest absolute Gasteiger partial charge is 0.173 e. The molecule has 1 aromatic heterocycles. The van der Waals surface area contributed by atoms with Crippen LogP contribution in [0.1, 0.15) is 24.2 Å². The van der Waals surface area contributed by atoms with Gasteiger partial charge in [0.15, 0.2) is 16.2 Å². The summed E-state index contributed by atoms with van der Waals surface area (Å²) in [6.07, 6.45) is 0. The Morgan fingerprint density at radius 2 is 2.05 bits per heavy atom. The average Bonchev–Trinajstić information content (AvgIpc) is 2.74. The van der Waals surface area contributed by atoms with Crippen LogP contribution in [0.2, 0.25) is 0 Å². The van der Waals surface area contributed by atoms with Gasteiger partial charge in [-0.25, -0.2) is 13.5 Å². The number of nitrogens with one attached hydrogen (secondary N) is 1. The summed E-state index contributed by atoms with van der Waals surface area (Å²) in [5.74, 6) is -1.80. The maximum absolute atomic E-state index is 13.7. The molecular formula is C12H12Br2F2N4. The highest BCUT2D eigenvalue weighted by molar-refractivity contribution is 9.10. The van der Waals surface area contributed by atoms with Gasteiger partial charge in [-0.1, -0.05) is 18.2 Å². The number of halogens is 4. The van der Waals surface area contributed by atoms with E-state index in [9.17, 15) is 8.78 Å². The molecule has 1 atom stereocenters. The molecular weight excluding hydrogens is 398 g/mol. The van der Waals surface area contributed by atoms with Gasteiger partial charge in [0, 0.05) is 7.05 Å². The van der Waals surface area contributed by atoms with Gasteiger partial charge < -0.3 is 5.32 Å². The van der Waals surface area contributed by atoms with Crippen LogP contribution in [0, 0.1) is 11.6 Å². The Hall–Kier alpha value is -0.860. The molecule has 20 heavy (non-hydrogen) atoms. The molecule has 108 valence electrons. The van der Waals surface area contributed by atoms with E-state index in [-0.39, 0.29) is 10.5 Å². The van der Waals surface area contributed by atoms with Gasteiger partial charge in [0.05, 0.1) is 16.2 Å². The first-order valence-corrected chi connectivity index (χ1v) is 7.47. The fraction of sp³-hybridized carbons (Fsp3) is 0.333. The van der Waals surface area contributed by atoms with Crippen molar-refractivity contribution in [1.82, 2.24) is 20.3 Å². The molecule has 0 saturated carbocycles. The lowest BCUT2D eigenvalue weighted by molar-refractivity contribution is 0.495. The van der Waals surface area contributed by atoms with Gasteiger partial charge in [-0.05, 0) is 50.0 Å². The van der Waals surface area contributed by atoms with Crippen molar-refractivity contribution in [2.24, 2.45) is 7.05 Å². The molecule has 0 aliphatic carbocycles. The van der Waals surface area contributed by atoms with Crippen LogP contribution in [0.5, 0.6) is 0 Å². The first kappa shape index (κ1) is 15.5. The van der Waals surface area contributed by atoms with Gasteiger partial charge in [-0.15, -0.1) is 5.10 Å². The van der Waals surface area contributed by atoms with E-state index >= 15 is 0 Å². The molecule has 8 heteroatoms. The van der Waals surface area contributed by atoms with Crippen LogP contribution in [0.25, 0.3) is 0 Å². The lowest BCUT2D eigenvalue weighted by atomic mass is 10.0. The van der Waals surface area contributed by atoms with Crippen LogP contribution in [0.15, 0.2) is 21.2 Å². The molecule has 0 fully saturated rings. The highest BCUT2D eigenvalue weighted by atomic mass is 79.9. The highest BCUT2D eigenvalue weighted by Gasteiger charge is 2.25. The van der Waals surface area contributed by atoms with Crippen molar-refractivity contribution in [2.45, 2.75) is 13.0 Å². The third kappa shape index (κ3) is 2.77. The number of nitrogens with zero attached hydrogens (tertiary/aromatic N) is 3. The minimum atomic E-state index is -0.906. The lowest BCUT2D eigenvalue weighted by Gasteiger charge is -2.20. The first-order chi connectivity index (χ1) is 9.47. The molecule has 1 N–H and O–H groups in total. The SMILES string of the molecule is CCNC(c1ccc(F)c(F)c1Br)c1c(Br)nnn1C. The Morgan fingerprint density at radius 3 is 2.60 bits per heavy atom. The molecule has 0 bridgehead atoms. The molecule has 1 aromatic carbocycles. The molecule has 4 nitrogen and oxygen atoms in total. The summed E-state index contributed by atoms with van der Waals surface area (Å²) in [4.78, 5) is 0. The van der Waals surface area contributed by atoms with Gasteiger partial charge in [-0.2, -0.15) is 0 Å². The minimum absolute atomic E-state index is 0.0940. The number of rotatable bonds is 4. The van der Waals surface area contributed by atoms with Crippen LogP contribution >= 0.6 is 31.9 Å². The Balaban J connectivity index is 2.58. The zero-order chi connectivity index (χ0) is 14.9. The number of hydrogen-bond acceptors (Lipinski definition) is 3. The van der Waals surface area contributed by atoms with Crippen molar-refractivity contribution in [1.29, 1.82) is 0 Å². The van der Waals surface area contributed by atoms with Crippen molar-refractivity contribution in [3.63, 3.8) is 0 Å². The summed E-state index contributed by atoms with van der Waals surface area (Å²) in [5.41, 5.74) is 1.32. The normalized spacial score (nSPS) is 12.7. The van der Waals surface area contributed by atoms with Crippen molar-refractivity contribution >= 4 is 31.9 Å². The molecule has 2 aromatic rings.